The van der Waals surface area contributed by atoms with Gasteiger partial charge >= 0.3 is 6.09 Å². The van der Waals surface area contributed by atoms with E-state index < -0.39 is 5.60 Å². The summed E-state index contributed by atoms with van der Waals surface area (Å²) in [5.74, 6) is 2.29. The molecule has 2 aliphatic carbocycles. The van der Waals surface area contributed by atoms with E-state index in [9.17, 15) is 4.79 Å². The van der Waals surface area contributed by atoms with Crippen LogP contribution in [0, 0.1) is 0 Å². The highest BCUT2D eigenvalue weighted by Gasteiger charge is 2.52. The third kappa shape index (κ3) is 3.44. The van der Waals surface area contributed by atoms with Gasteiger partial charge in [0.25, 0.3) is 0 Å². The Labute approximate surface area is 186 Å². The second kappa shape index (κ2) is 7.24. The molecule has 7 nitrogen and oxygen atoms in total. The third-order valence-electron chi connectivity index (χ3n) is 7.79. The molecule has 0 bridgehead atoms. The SMILES string of the molecule is C[C@@H]1CN(c2ncnc3c2C2(CCC2)CN3C2CCC2)[C@@H](C)CN1C(=O)OC(C)(C)C. The van der Waals surface area contributed by atoms with E-state index in [4.69, 9.17) is 14.7 Å². The summed E-state index contributed by atoms with van der Waals surface area (Å²) in [6, 6.07) is 0.901. The summed E-state index contributed by atoms with van der Waals surface area (Å²) >= 11 is 0. The molecule has 31 heavy (non-hydrogen) atoms. The fourth-order valence-corrected chi connectivity index (χ4v) is 5.77. The molecule has 1 aromatic rings. The van der Waals surface area contributed by atoms with Gasteiger partial charge in [-0.2, -0.15) is 0 Å². The average Bonchev–Trinajstić information content (AvgIpc) is 2.96. The van der Waals surface area contributed by atoms with Gasteiger partial charge in [0.15, 0.2) is 0 Å². The minimum absolute atomic E-state index is 0.0677. The molecule has 0 aromatic carbocycles. The van der Waals surface area contributed by atoms with E-state index in [0.29, 0.717) is 12.6 Å². The van der Waals surface area contributed by atoms with Crippen LogP contribution in [0.4, 0.5) is 16.4 Å². The lowest BCUT2D eigenvalue weighted by atomic mass is 9.65. The maximum absolute atomic E-state index is 12.8. The number of piperazine rings is 1. The fraction of sp³-hybridized carbons (Fsp3) is 0.792. The van der Waals surface area contributed by atoms with E-state index in [1.165, 1.54) is 49.9 Å². The number of rotatable bonds is 2. The van der Waals surface area contributed by atoms with E-state index in [1.807, 2.05) is 25.7 Å². The highest BCUT2D eigenvalue weighted by Crippen LogP contribution is 2.56. The minimum atomic E-state index is -0.480. The molecule has 5 rings (SSSR count). The first-order valence-corrected chi connectivity index (χ1v) is 12.1. The third-order valence-corrected chi connectivity index (χ3v) is 7.79. The predicted molar refractivity (Wildman–Crippen MR) is 122 cm³/mol. The zero-order valence-electron chi connectivity index (χ0n) is 19.7. The molecule has 0 N–H and O–H groups in total. The lowest BCUT2D eigenvalue weighted by Gasteiger charge is -2.47. The second-order valence-electron chi connectivity index (χ2n) is 11.2. The lowest BCUT2D eigenvalue weighted by Crippen LogP contribution is -2.59. The van der Waals surface area contributed by atoms with Crippen LogP contribution < -0.4 is 9.80 Å². The molecule has 2 atom stereocenters. The summed E-state index contributed by atoms with van der Waals surface area (Å²) < 4.78 is 5.67. The molecule has 1 amide bonds. The number of ether oxygens (including phenoxy) is 1. The second-order valence-corrected chi connectivity index (χ2v) is 11.2. The Morgan fingerprint density at radius 3 is 2.26 bits per heavy atom. The molecule has 4 aliphatic rings. The number of aromatic nitrogens is 2. The van der Waals surface area contributed by atoms with Gasteiger partial charge in [-0.3, -0.25) is 0 Å². The molecule has 1 spiro atoms. The van der Waals surface area contributed by atoms with Gasteiger partial charge in [0.1, 0.15) is 23.6 Å². The van der Waals surface area contributed by atoms with Gasteiger partial charge in [-0.1, -0.05) is 6.42 Å². The van der Waals surface area contributed by atoms with Crippen molar-refractivity contribution >= 4 is 17.7 Å². The van der Waals surface area contributed by atoms with Gasteiger partial charge in [-0.05, 0) is 66.7 Å². The van der Waals surface area contributed by atoms with E-state index in [1.54, 1.807) is 6.33 Å². The molecule has 2 saturated carbocycles. The van der Waals surface area contributed by atoms with Crippen molar-refractivity contribution in [2.24, 2.45) is 0 Å². The van der Waals surface area contributed by atoms with Gasteiger partial charge < -0.3 is 19.4 Å². The first-order valence-electron chi connectivity index (χ1n) is 12.1. The lowest BCUT2D eigenvalue weighted by molar-refractivity contribution is 0.0129. The Morgan fingerprint density at radius 2 is 1.71 bits per heavy atom. The van der Waals surface area contributed by atoms with Crippen LogP contribution in [0.3, 0.4) is 0 Å². The number of carbonyl (C=O) groups excluding carboxylic acids is 1. The molecule has 1 saturated heterocycles. The molecule has 170 valence electrons. The van der Waals surface area contributed by atoms with Crippen molar-refractivity contribution in [3.63, 3.8) is 0 Å². The molecular weight excluding hydrogens is 390 g/mol. The Morgan fingerprint density at radius 1 is 1.03 bits per heavy atom. The van der Waals surface area contributed by atoms with Crippen LogP contribution in [0.1, 0.15) is 78.7 Å². The van der Waals surface area contributed by atoms with Crippen molar-refractivity contribution in [1.82, 2.24) is 14.9 Å². The smallest absolute Gasteiger partial charge is 0.410 e. The number of fused-ring (bicyclic) bond motifs is 2. The quantitative estimate of drug-likeness (QED) is 0.708. The molecule has 3 heterocycles. The molecule has 2 aliphatic heterocycles. The highest BCUT2D eigenvalue weighted by atomic mass is 16.6. The number of amides is 1. The maximum atomic E-state index is 12.8. The predicted octanol–water partition coefficient (Wildman–Crippen LogP) is 4.10. The van der Waals surface area contributed by atoms with Crippen molar-refractivity contribution in [2.45, 2.75) is 102 Å². The van der Waals surface area contributed by atoms with Crippen LogP contribution in [0.5, 0.6) is 0 Å². The standard InChI is InChI=1S/C24H37N5O2/c1-16-13-28(22(30)31-23(3,4)5)17(2)12-27(16)20-19-21(26-15-25-20)29(18-8-6-9-18)14-24(19)10-7-11-24/h15-18H,6-14H2,1-5H3/t16-,17+/m0/s1. The van der Waals surface area contributed by atoms with Gasteiger partial charge in [0, 0.05) is 48.7 Å². The summed E-state index contributed by atoms with van der Waals surface area (Å²) in [7, 11) is 0. The van der Waals surface area contributed by atoms with Crippen LogP contribution in [-0.4, -0.2) is 64.3 Å². The van der Waals surface area contributed by atoms with Crippen LogP contribution in [-0.2, 0) is 10.2 Å². The summed E-state index contributed by atoms with van der Waals surface area (Å²) in [5, 5.41) is 0. The fourth-order valence-electron chi connectivity index (χ4n) is 5.77. The summed E-state index contributed by atoms with van der Waals surface area (Å²) in [5.41, 5.74) is 1.14. The van der Waals surface area contributed by atoms with Crippen molar-refractivity contribution in [2.75, 3.05) is 29.4 Å². The first kappa shape index (κ1) is 20.8. The van der Waals surface area contributed by atoms with Crippen LogP contribution in [0.15, 0.2) is 6.33 Å². The zero-order valence-corrected chi connectivity index (χ0v) is 19.7. The van der Waals surface area contributed by atoms with Crippen LogP contribution in [0.2, 0.25) is 0 Å². The monoisotopic (exact) mass is 427 g/mol. The number of nitrogens with zero attached hydrogens (tertiary/aromatic N) is 5. The Kier molecular flexibility index (Phi) is 4.87. The van der Waals surface area contributed by atoms with Crippen LogP contribution >= 0.6 is 0 Å². The molecule has 0 unspecified atom stereocenters. The van der Waals surface area contributed by atoms with E-state index in [-0.39, 0.29) is 23.6 Å². The van der Waals surface area contributed by atoms with E-state index >= 15 is 0 Å². The minimum Gasteiger partial charge on any atom is -0.444 e. The number of hydrogen-bond acceptors (Lipinski definition) is 6. The topological polar surface area (TPSA) is 61.8 Å². The number of anilines is 2. The summed E-state index contributed by atoms with van der Waals surface area (Å²) in [6.07, 6.45) is 9.23. The molecule has 1 aromatic heterocycles. The van der Waals surface area contributed by atoms with Crippen molar-refractivity contribution in [3.8, 4) is 0 Å². The highest BCUT2D eigenvalue weighted by molar-refractivity contribution is 5.72. The van der Waals surface area contributed by atoms with Gasteiger partial charge in [-0.15, -0.1) is 0 Å². The Hall–Kier alpha value is -2.05. The molecule has 7 heteroatoms. The first-order chi connectivity index (χ1) is 14.7. The van der Waals surface area contributed by atoms with E-state index in [0.717, 1.165) is 18.9 Å². The maximum Gasteiger partial charge on any atom is 0.410 e. The number of carbonyl (C=O) groups is 1. The Bertz CT molecular complexity index is 858. The molecular formula is C24H37N5O2. The van der Waals surface area contributed by atoms with Gasteiger partial charge in [-0.25, -0.2) is 14.8 Å². The van der Waals surface area contributed by atoms with E-state index in [2.05, 4.69) is 23.6 Å². The van der Waals surface area contributed by atoms with Crippen molar-refractivity contribution < 1.29 is 9.53 Å². The average molecular weight is 428 g/mol. The van der Waals surface area contributed by atoms with Crippen molar-refractivity contribution in [1.29, 1.82) is 0 Å². The molecule has 0 radical (unpaired) electrons. The molecule has 3 fully saturated rings. The summed E-state index contributed by atoms with van der Waals surface area (Å²) in [6.45, 7) is 12.6. The van der Waals surface area contributed by atoms with Crippen molar-refractivity contribution in [3.05, 3.63) is 11.9 Å². The van der Waals surface area contributed by atoms with Crippen LogP contribution in [0.25, 0.3) is 0 Å². The van der Waals surface area contributed by atoms with Gasteiger partial charge in [0.2, 0.25) is 0 Å². The normalized spacial score (nSPS) is 27.7. The largest absolute Gasteiger partial charge is 0.444 e. The number of hydrogen-bond donors (Lipinski definition) is 0. The Balaban J connectivity index is 1.43. The summed E-state index contributed by atoms with van der Waals surface area (Å²) in [4.78, 5) is 29.3. The van der Waals surface area contributed by atoms with Gasteiger partial charge in [0.05, 0.1) is 0 Å². The zero-order chi connectivity index (χ0) is 22.0.